The van der Waals surface area contributed by atoms with Gasteiger partial charge < -0.3 is 10.1 Å². The minimum Gasteiger partial charge on any atom is -0.379 e. The fraction of sp³-hybridized carbons (Fsp3) is 0.625. The van der Waals surface area contributed by atoms with Crippen LogP contribution in [-0.2, 0) is 4.74 Å². The lowest BCUT2D eigenvalue weighted by molar-refractivity contribution is 0.0511. The molecule has 0 bridgehead atoms. The maximum atomic E-state index is 5.76. The van der Waals surface area contributed by atoms with Crippen molar-refractivity contribution >= 4 is 0 Å². The monoisotopic (exact) mass is 247 g/mol. The van der Waals surface area contributed by atoms with Gasteiger partial charge in [0.2, 0.25) is 0 Å². The Morgan fingerprint density at radius 2 is 1.83 bits per heavy atom. The Morgan fingerprint density at radius 3 is 2.28 bits per heavy atom. The quantitative estimate of drug-likeness (QED) is 0.832. The normalized spacial score (nSPS) is 18.7. The molecule has 1 aliphatic carbocycles. The van der Waals surface area contributed by atoms with E-state index in [1.165, 1.54) is 29.5 Å². The van der Waals surface area contributed by atoms with Crippen molar-refractivity contribution in [1.82, 2.24) is 5.32 Å². The molecule has 100 valence electrons. The van der Waals surface area contributed by atoms with E-state index in [0.717, 1.165) is 12.5 Å². The van der Waals surface area contributed by atoms with Crippen molar-refractivity contribution in [3.8, 4) is 0 Å². The Balaban J connectivity index is 2.27. The number of rotatable bonds is 6. The van der Waals surface area contributed by atoms with Gasteiger partial charge in [-0.15, -0.1) is 0 Å². The maximum Gasteiger partial charge on any atom is 0.0794 e. The molecule has 0 aliphatic heterocycles. The molecule has 2 atom stereocenters. The zero-order valence-corrected chi connectivity index (χ0v) is 12.0. The molecule has 1 aliphatic rings. The maximum absolute atomic E-state index is 5.76. The second kappa shape index (κ2) is 5.85. The largest absolute Gasteiger partial charge is 0.379 e. The summed E-state index contributed by atoms with van der Waals surface area (Å²) in [6.07, 6.45) is 2.93. The molecule has 0 aromatic heterocycles. The van der Waals surface area contributed by atoms with Crippen molar-refractivity contribution in [1.29, 1.82) is 0 Å². The van der Waals surface area contributed by atoms with Gasteiger partial charge in [-0.25, -0.2) is 0 Å². The Labute approximate surface area is 111 Å². The van der Waals surface area contributed by atoms with Crippen molar-refractivity contribution in [2.75, 3.05) is 13.7 Å². The molecule has 2 heteroatoms. The minimum absolute atomic E-state index is 0.311. The van der Waals surface area contributed by atoms with Gasteiger partial charge in [0, 0.05) is 7.11 Å². The lowest BCUT2D eigenvalue weighted by Crippen LogP contribution is -2.34. The summed E-state index contributed by atoms with van der Waals surface area (Å²) < 4.78 is 5.76. The first-order valence-corrected chi connectivity index (χ1v) is 7.00. The number of hydrogen-bond donors (Lipinski definition) is 1. The van der Waals surface area contributed by atoms with Crippen LogP contribution in [0, 0.1) is 19.8 Å². The molecule has 18 heavy (non-hydrogen) atoms. The van der Waals surface area contributed by atoms with E-state index >= 15 is 0 Å². The lowest BCUT2D eigenvalue weighted by Gasteiger charge is -2.28. The summed E-state index contributed by atoms with van der Waals surface area (Å²) in [5, 5.41) is 3.60. The van der Waals surface area contributed by atoms with Gasteiger partial charge in [-0.1, -0.05) is 36.2 Å². The second-order valence-corrected chi connectivity index (χ2v) is 5.49. The summed E-state index contributed by atoms with van der Waals surface area (Å²) in [5.41, 5.74) is 4.03. The molecule has 1 fully saturated rings. The van der Waals surface area contributed by atoms with Gasteiger partial charge in [0.15, 0.2) is 0 Å². The molecule has 0 heterocycles. The Morgan fingerprint density at radius 1 is 1.22 bits per heavy atom. The molecule has 1 aromatic carbocycles. The molecule has 1 N–H and O–H groups in total. The van der Waals surface area contributed by atoms with Crippen molar-refractivity contribution in [2.24, 2.45) is 5.92 Å². The van der Waals surface area contributed by atoms with Gasteiger partial charge >= 0.3 is 0 Å². The second-order valence-electron chi connectivity index (χ2n) is 5.49. The highest BCUT2D eigenvalue weighted by molar-refractivity contribution is 5.31. The van der Waals surface area contributed by atoms with Gasteiger partial charge in [0.25, 0.3) is 0 Å². The van der Waals surface area contributed by atoms with Crippen LogP contribution in [0.2, 0.25) is 0 Å². The smallest absolute Gasteiger partial charge is 0.0794 e. The highest BCUT2D eigenvalue weighted by Gasteiger charge is 2.37. The van der Waals surface area contributed by atoms with E-state index in [1.807, 2.05) is 7.11 Å². The fourth-order valence-corrected chi connectivity index (χ4v) is 2.86. The summed E-state index contributed by atoms with van der Waals surface area (Å²) in [5.74, 6) is 0.736. The topological polar surface area (TPSA) is 21.3 Å². The van der Waals surface area contributed by atoms with E-state index in [9.17, 15) is 0 Å². The van der Waals surface area contributed by atoms with Crippen LogP contribution in [0.15, 0.2) is 18.2 Å². The van der Waals surface area contributed by atoms with Crippen LogP contribution in [0.5, 0.6) is 0 Å². The van der Waals surface area contributed by atoms with Crippen molar-refractivity contribution in [3.63, 3.8) is 0 Å². The number of nitrogens with one attached hydrogen (secondary N) is 1. The minimum atomic E-state index is 0.311. The highest BCUT2D eigenvalue weighted by atomic mass is 16.5. The zero-order valence-electron chi connectivity index (χ0n) is 12.0. The van der Waals surface area contributed by atoms with Crippen LogP contribution in [0.4, 0.5) is 0 Å². The standard InChI is InChI=1S/C16H25NO/c1-5-17-15(16(18-4)13-6-7-13)14-9-11(2)8-12(3)10-14/h8-10,13,15-17H,5-7H2,1-4H3. The Bertz CT molecular complexity index is 378. The molecule has 2 unspecified atom stereocenters. The van der Waals surface area contributed by atoms with Crippen LogP contribution in [-0.4, -0.2) is 19.8 Å². The molecule has 0 saturated heterocycles. The number of ether oxygens (including phenoxy) is 1. The molecule has 1 aromatic rings. The first-order chi connectivity index (χ1) is 8.65. The first kappa shape index (κ1) is 13.6. The average Bonchev–Trinajstić information content (AvgIpc) is 3.12. The third-order valence-corrected chi connectivity index (χ3v) is 3.71. The predicted molar refractivity (Wildman–Crippen MR) is 75.9 cm³/mol. The third-order valence-electron chi connectivity index (χ3n) is 3.71. The number of benzene rings is 1. The zero-order chi connectivity index (χ0) is 13.1. The Kier molecular flexibility index (Phi) is 4.41. The van der Waals surface area contributed by atoms with Crippen LogP contribution in [0.25, 0.3) is 0 Å². The summed E-state index contributed by atoms with van der Waals surface area (Å²) in [4.78, 5) is 0. The van der Waals surface area contributed by atoms with Crippen LogP contribution in [0.1, 0.15) is 42.5 Å². The van der Waals surface area contributed by atoms with Crippen molar-refractivity contribution in [3.05, 3.63) is 34.9 Å². The van der Waals surface area contributed by atoms with E-state index in [-0.39, 0.29) is 0 Å². The predicted octanol–water partition coefficient (Wildman–Crippen LogP) is 3.38. The summed E-state index contributed by atoms with van der Waals surface area (Å²) in [7, 11) is 1.84. The van der Waals surface area contributed by atoms with Crippen LogP contribution >= 0.6 is 0 Å². The summed E-state index contributed by atoms with van der Waals surface area (Å²) in [6.45, 7) is 7.47. The molecular weight excluding hydrogens is 222 g/mol. The summed E-state index contributed by atoms with van der Waals surface area (Å²) >= 11 is 0. The van der Waals surface area contributed by atoms with Gasteiger partial charge in [-0.05, 0) is 44.7 Å². The van der Waals surface area contributed by atoms with E-state index in [2.05, 4.69) is 44.3 Å². The van der Waals surface area contributed by atoms with Gasteiger partial charge in [-0.2, -0.15) is 0 Å². The molecule has 0 radical (unpaired) electrons. The van der Waals surface area contributed by atoms with Crippen LogP contribution in [0.3, 0.4) is 0 Å². The molecule has 2 rings (SSSR count). The number of likely N-dealkylation sites (N-methyl/N-ethyl adjacent to an activating group) is 1. The highest BCUT2D eigenvalue weighted by Crippen LogP contribution is 2.40. The van der Waals surface area contributed by atoms with Crippen molar-refractivity contribution in [2.45, 2.75) is 45.8 Å². The Hall–Kier alpha value is -0.860. The van der Waals surface area contributed by atoms with E-state index in [4.69, 9.17) is 4.74 Å². The van der Waals surface area contributed by atoms with Crippen LogP contribution < -0.4 is 5.32 Å². The molecule has 0 spiro atoms. The lowest BCUT2D eigenvalue weighted by atomic mass is 9.95. The van der Waals surface area contributed by atoms with Gasteiger partial charge in [0.1, 0.15) is 0 Å². The van der Waals surface area contributed by atoms with Crippen molar-refractivity contribution < 1.29 is 4.74 Å². The SMILES string of the molecule is CCNC(c1cc(C)cc(C)c1)C(OC)C1CC1. The number of methoxy groups -OCH3 is 1. The fourth-order valence-electron chi connectivity index (χ4n) is 2.86. The summed E-state index contributed by atoms with van der Waals surface area (Å²) in [6, 6.07) is 7.13. The van der Waals surface area contributed by atoms with E-state index in [1.54, 1.807) is 0 Å². The number of hydrogen-bond acceptors (Lipinski definition) is 2. The molecule has 0 amide bonds. The number of aryl methyl sites for hydroxylation is 2. The molecule has 2 nitrogen and oxygen atoms in total. The van der Waals surface area contributed by atoms with Gasteiger partial charge in [0.05, 0.1) is 12.1 Å². The average molecular weight is 247 g/mol. The van der Waals surface area contributed by atoms with Gasteiger partial charge in [-0.3, -0.25) is 0 Å². The molecule has 1 saturated carbocycles. The third kappa shape index (κ3) is 3.12. The van der Waals surface area contributed by atoms with E-state index in [0.29, 0.717) is 12.1 Å². The molecular formula is C16H25NO. The first-order valence-electron chi connectivity index (χ1n) is 7.00. The van der Waals surface area contributed by atoms with E-state index < -0.39 is 0 Å².